The summed E-state index contributed by atoms with van der Waals surface area (Å²) in [5, 5.41) is 13.8. The highest BCUT2D eigenvalue weighted by molar-refractivity contribution is 7.98. The molecule has 5 rings (SSSR count). The standard InChI is InChI=1S/C25H21N5O2S/c1-2-31-21-16-10-9-15-20(21)23-26-22(32-29-23)17-33-25-28-27-24(18-11-5-3-6-12-18)30(25)19-13-7-4-8-14-19/h3-16H,2,17H2,1H3. The van der Waals surface area contributed by atoms with E-state index < -0.39 is 0 Å². The lowest BCUT2D eigenvalue weighted by molar-refractivity contribution is 0.341. The first kappa shape index (κ1) is 21.0. The Bertz CT molecular complexity index is 1340. The largest absolute Gasteiger partial charge is 0.493 e. The number of nitrogens with zero attached hydrogens (tertiary/aromatic N) is 5. The van der Waals surface area contributed by atoms with Crippen molar-refractivity contribution in [2.24, 2.45) is 0 Å². The van der Waals surface area contributed by atoms with Gasteiger partial charge in [0, 0.05) is 11.3 Å². The molecule has 0 amide bonds. The molecule has 0 saturated carbocycles. The SMILES string of the molecule is CCOc1ccccc1-c1noc(CSc2nnc(-c3ccccc3)n2-c2ccccc2)n1. The second-order valence-electron chi connectivity index (χ2n) is 7.07. The maximum Gasteiger partial charge on any atom is 0.237 e. The number of para-hydroxylation sites is 2. The summed E-state index contributed by atoms with van der Waals surface area (Å²) in [5.74, 6) is 2.98. The first-order valence-corrected chi connectivity index (χ1v) is 11.6. The second-order valence-corrected chi connectivity index (χ2v) is 8.02. The van der Waals surface area contributed by atoms with Crippen LogP contribution in [0.4, 0.5) is 0 Å². The van der Waals surface area contributed by atoms with E-state index in [4.69, 9.17) is 9.26 Å². The van der Waals surface area contributed by atoms with E-state index in [0.717, 1.165) is 33.5 Å². The van der Waals surface area contributed by atoms with Crippen LogP contribution >= 0.6 is 11.8 Å². The van der Waals surface area contributed by atoms with E-state index >= 15 is 0 Å². The molecule has 8 heteroatoms. The van der Waals surface area contributed by atoms with Crippen LogP contribution in [0.2, 0.25) is 0 Å². The van der Waals surface area contributed by atoms with Gasteiger partial charge in [-0.3, -0.25) is 4.57 Å². The monoisotopic (exact) mass is 455 g/mol. The highest BCUT2D eigenvalue weighted by Gasteiger charge is 2.18. The Kier molecular flexibility index (Phi) is 6.16. The molecule has 0 bridgehead atoms. The van der Waals surface area contributed by atoms with E-state index in [0.29, 0.717) is 24.1 Å². The number of hydrogen-bond donors (Lipinski definition) is 0. The van der Waals surface area contributed by atoms with Gasteiger partial charge in [0.15, 0.2) is 11.0 Å². The Labute approximate surface area is 195 Å². The van der Waals surface area contributed by atoms with Gasteiger partial charge in [0.1, 0.15) is 5.75 Å². The molecule has 164 valence electrons. The number of ether oxygens (including phenoxy) is 1. The first-order chi connectivity index (χ1) is 16.3. The van der Waals surface area contributed by atoms with E-state index in [-0.39, 0.29) is 0 Å². The minimum Gasteiger partial charge on any atom is -0.493 e. The van der Waals surface area contributed by atoms with Crippen LogP contribution in [0.1, 0.15) is 12.8 Å². The fraction of sp³-hybridized carbons (Fsp3) is 0.120. The highest BCUT2D eigenvalue weighted by Crippen LogP contribution is 2.31. The zero-order valence-corrected chi connectivity index (χ0v) is 18.8. The van der Waals surface area contributed by atoms with Crippen LogP contribution < -0.4 is 4.74 Å². The van der Waals surface area contributed by atoms with Crippen LogP contribution in [0.5, 0.6) is 5.75 Å². The first-order valence-electron chi connectivity index (χ1n) is 10.6. The molecule has 0 atom stereocenters. The van der Waals surface area contributed by atoms with Gasteiger partial charge in [-0.25, -0.2) is 0 Å². The minimum atomic E-state index is 0.462. The van der Waals surface area contributed by atoms with Crippen molar-refractivity contribution in [3.8, 4) is 34.2 Å². The van der Waals surface area contributed by atoms with Gasteiger partial charge in [0.25, 0.3) is 0 Å². The van der Waals surface area contributed by atoms with Gasteiger partial charge in [-0.05, 0) is 31.2 Å². The van der Waals surface area contributed by atoms with E-state index in [1.807, 2.05) is 96.4 Å². The van der Waals surface area contributed by atoms with E-state index in [1.165, 1.54) is 11.8 Å². The highest BCUT2D eigenvalue weighted by atomic mass is 32.2. The van der Waals surface area contributed by atoms with Crippen molar-refractivity contribution >= 4 is 11.8 Å². The Morgan fingerprint density at radius 2 is 1.61 bits per heavy atom. The molecule has 0 aliphatic carbocycles. The van der Waals surface area contributed by atoms with Crippen LogP contribution in [0.15, 0.2) is 94.6 Å². The van der Waals surface area contributed by atoms with Crippen LogP contribution in [0, 0.1) is 0 Å². The number of hydrogen-bond acceptors (Lipinski definition) is 7. The van der Waals surface area contributed by atoms with Crippen LogP contribution in [-0.2, 0) is 5.75 Å². The molecule has 0 aliphatic heterocycles. The molecule has 2 heterocycles. The third-order valence-corrected chi connectivity index (χ3v) is 5.81. The number of thioether (sulfide) groups is 1. The van der Waals surface area contributed by atoms with Crippen LogP contribution in [0.3, 0.4) is 0 Å². The summed E-state index contributed by atoms with van der Waals surface area (Å²) in [4.78, 5) is 4.57. The van der Waals surface area contributed by atoms with Gasteiger partial charge in [-0.2, -0.15) is 4.98 Å². The van der Waals surface area contributed by atoms with Crippen molar-refractivity contribution in [3.05, 3.63) is 90.8 Å². The minimum absolute atomic E-state index is 0.462. The predicted molar refractivity (Wildman–Crippen MR) is 127 cm³/mol. The lowest BCUT2D eigenvalue weighted by Gasteiger charge is -2.09. The van der Waals surface area contributed by atoms with Gasteiger partial charge in [0.2, 0.25) is 11.7 Å². The molecule has 3 aromatic carbocycles. The van der Waals surface area contributed by atoms with Gasteiger partial charge < -0.3 is 9.26 Å². The van der Waals surface area contributed by atoms with Crippen molar-refractivity contribution in [2.75, 3.05) is 6.61 Å². The third kappa shape index (κ3) is 4.51. The van der Waals surface area contributed by atoms with Gasteiger partial charge in [-0.1, -0.05) is 77.6 Å². The average molecular weight is 456 g/mol. The van der Waals surface area contributed by atoms with E-state index in [1.54, 1.807) is 0 Å². The lowest BCUT2D eigenvalue weighted by Crippen LogP contribution is -1.99. The van der Waals surface area contributed by atoms with Crippen molar-refractivity contribution in [1.29, 1.82) is 0 Å². The molecule has 7 nitrogen and oxygen atoms in total. The van der Waals surface area contributed by atoms with Crippen LogP contribution in [0.25, 0.3) is 28.5 Å². The zero-order valence-electron chi connectivity index (χ0n) is 18.0. The summed E-state index contributed by atoms with van der Waals surface area (Å²) < 4.78 is 13.3. The molecule has 0 spiro atoms. The van der Waals surface area contributed by atoms with Gasteiger partial charge >= 0.3 is 0 Å². The molecule has 0 fully saturated rings. The topological polar surface area (TPSA) is 78.9 Å². The Hall–Kier alpha value is -3.91. The maximum atomic E-state index is 5.69. The molecule has 0 radical (unpaired) electrons. The van der Waals surface area contributed by atoms with Crippen molar-refractivity contribution in [1.82, 2.24) is 24.9 Å². The van der Waals surface area contributed by atoms with Gasteiger partial charge in [0.05, 0.1) is 17.9 Å². The number of rotatable bonds is 8. The predicted octanol–water partition coefficient (Wildman–Crippen LogP) is 5.68. The smallest absolute Gasteiger partial charge is 0.237 e. The van der Waals surface area contributed by atoms with Gasteiger partial charge in [-0.15, -0.1) is 10.2 Å². The lowest BCUT2D eigenvalue weighted by atomic mass is 10.2. The molecule has 0 N–H and O–H groups in total. The maximum absolute atomic E-state index is 5.69. The third-order valence-electron chi connectivity index (χ3n) is 4.90. The Balaban J connectivity index is 1.42. The summed E-state index contributed by atoms with van der Waals surface area (Å²) in [7, 11) is 0. The molecule has 5 aromatic rings. The van der Waals surface area contributed by atoms with Crippen LogP contribution in [-0.4, -0.2) is 31.5 Å². The molecule has 2 aromatic heterocycles. The summed E-state index contributed by atoms with van der Waals surface area (Å²) in [6, 6.07) is 27.8. The average Bonchev–Trinajstić information content (AvgIpc) is 3.52. The molecule has 0 unspecified atom stereocenters. The molecule has 0 saturated heterocycles. The molecule has 0 aliphatic rings. The number of aromatic nitrogens is 5. The van der Waals surface area contributed by atoms with Crippen molar-refractivity contribution < 1.29 is 9.26 Å². The summed E-state index contributed by atoms with van der Waals surface area (Å²) >= 11 is 1.50. The fourth-order valence-electron chi connectivity index (χ4n) is 3.43. The van der Waals surface area contributed by atoms with Crippen molar-refractivity contribution in [3.63, 3.8) is 0 Å². The summed E-state index contributed by atoms with van der Waals surface area (Å²) in [6.45, 7) is 2.51. The second kappa shape index (κ2) is 9.70. The summed E-state index contributed by atoms with van der Waals surface area (Å²) in [5.41, 5.74) is 2.78. The Morgan fingerprint density at radius 1 is 0.879 bits per heavy atom. The van der Waals surface area contributed by atoms with Crippen molar-refractivity contribution in [2.45, 2.75) is 17.8 Å². The fourth-order valence-corrected chi connectivity index (χ4v) is 4.22. The summed E-state index contributed by atoms with van der Waals surface area (Å²) in [6.07, 6.45) is 0. The Morgan fingerprint density at radius 3 is 2.39 bits per heavy atom. The molecular weight excluding hydrogens is 434 g/mol. The molecule has 33 heavy (non-hydrogen) atoms. The number of benzene rings is 3. The zero-order chi connectivity index (χ0) is 22.5. The van der Waals surface area contributed by atoms with E-state index in [2.05, 4.69) is 20.3 Å². The quantitative estimate of drug-likeness (QED) is 0.279. The normalized spacial score (nSPS) is 10.9. The molecular formula is C25H21N5O2S. The van der Waals surface area contributed by atoms with E-state index in [9.17, 15) is 0 Å².